The molecule has 5 nitrogen and oxygen atoms in total. The van der Waals surface area contributed by atoms with Crippen molar-refractivity contribution < 1.29 is 26.8 Å². The molecule has 1 amide bonds. The molecule has 0 atom stereocenters. The maximum absolute atomic E-state index is 13.0. The van der Waals surface area contributed by atoms with E-state index in [4.69, 9.17) is 4.42 Å². The van der Waals surface area contributed by atoms with Crippen LogP contribution >= 0.6 is 0 Å². The molecule has 0 aliphatic rings. The Labute approximate surface area is 164 Å². The van der Waals surface area contributed by atoms with E-state index >= 15 is 0 Å². The first-order chi connectivity index (χ1) is 13.7. The molecule has 29 heavy (non-hydrogen) atoms. The van der Waals surface area contributed by atoms with E-state index in [1.165, 1.54) is 36.5 Å². The average molecular weight is 407 g/mol. The standard InChI is InChI=1S/C20H17F4N3O2/c1-27(11-18(28)26-16-5-3-2-4-15(16)20(22,23)24)12-19-25-10-17(29-19)13-6-8-14(21)9-7-13/h2-10H,11-12H2,1H3,(H,26,28). The van der Waals surface area contributed by atoms with Crippen molar-refractivity contribution in [2.24, 2.45) is 0 Å². The van der Waals surface area contributed by atoms with E-state index < -0.39 is 17.6 Å². The van der Waals surface area contributed by atoms with Gasteiger partial charge >= 0.3 is 6.18 Å². The quantitative estimate of drug-likeness (QED) is 0.608. The van der Waals surface area contributed by atoms with Gasteiger partial charge in [0.2, 0.25) is 11.8 Å². The van der Waals surface area contributed by atoms with Crippen LogP contribution in [0.3, 0.4) is 0 Å². The highest BCUT2D eigenvalue weighted by molar-refractivity contribution is 5.93. The molecule has 0 spiro atoms. The van der Waals surface area contributed by atoms with Crippen LogP contribution in [0.25, 0.3) is 11.3 Å². The van der Waals surface area contributed by atoms with Crippen LogP contribution in [-0.2, 0) is 17.5 Å². The molecule has 2 aromatic carbocycles. The van der Waals surface area contributed by atoms with Gasteiger partial charge in [0.25, 0.3) is 0 Å². The van der Waals surface area contributed by atoms with Crippen molar-refractivity contribution in [1.29, 1.82) is 0 Å². The molecule has 0 aliphatic heterocycles. The van der Waals surface area contributed by atoms with Crippen molar-refractivity contribution in [2.45, 2.75) is 12.7 Å². The number of carbonyl (C=O) groups excluding carboxylic acids is 1. The summed E-state index contributed by atoms with van der Waals surface area (Å²) in [6.07, 6.45) is -3.08. The van der Waals surface area contributed by atoms with Crippen LogP contribution in [0.2, 0.25) is 0 Å². The van der Waals surface area contributed by atoms with Crippen molar-refractivity contribution in [3.8, 4) is 11.3 Å². The van der Waals surface area contributed by atoms with Crippen LogP contribution in [0.5, 0.6) is 0 Å². The van der Waals surface area contributed by atoms with Gasteiger partial charge in [-0.05, 0) is 43.4 Å². The van der Waals surface area contributed by atoms with E-state index in [-0.39, 0.29) is 24.6 Å². The lowest BCUT2D eigenvalue weighted by atomic mass is 10.1. The Morgan fingerprint density at radius 2 is 1.83 bits per heavy atom. The molecular weight excluding hydrogens is 390 g/mol. The summed E-state index contributed by atoms with van der Waals surface area (Å²) in [4.78, 5) is 17.8. The largest absolute Gasteiger partial charge is 0.439 e. The number of amides is 1. The Kier molecular flexibility index (Phi) is 5.97. The van der Waals surface area contributed by atoms with E-state index in [0.29, 0.717) is 17.2 Å². The second kappa shape index (κ2) is 8.44. The zero-order valence-electron chi connectivity index (χ0n) is 15.3. The van der Waals surface area contributed by atoms with Crippen molar-refractivity contribution >= 4 is 11.6 Å². The first-order valence-corrected chi connectivity index (χ1v) is 8.57. The number of alkyl halides is 3. The molecule has 3 rings (SSSR count). The number of nitrogens with one attached hydrogen (secondary N) is 1. The van der Waals surface area contributed by atoms with Crippen LogP contribution in [0.4, 0.5) is 23.2 Å². The highest BCUT2D eigenvalue weighted by Crippen LogP contribution is 2.34. The minimum atomic E-state index is -4.56. The van der Waals surface area contributed by atoms with Crippen molar-refractivity contribution in [3.63, 3.8) is 0 Å². The third-order valence-electron chi connectivity index (χ3n) is 4.01. The van der Waals surface area contributed by atoms with Gasteiger partial charge in [-0.3, -0.25) is 9.69 Å². The van der Waals surface area contributed by atoms with Crippen LogP contribution in [0.1, 0.15) is 11.5 Å². The van der Waals surface area contributed by atoms with Crippen LogP contribution in [0.15, 0.2) is 59.1 Å². The molecule has 0 aliphatic carbocycles. The van der Waals surface area contributed by atoms with E-state index in [1.807, 2.05) is 0 Å². The summed E-state index contributed by atoms with van der Waals surface area (Å²) < 4.78 is 57.6. The van der Waals surface area contributed by atoms with Crippen LogP contribution in [-0.4, -0.2) is 29.4 Å². The Morgan fingerprint density at radius 3 is 2.52 bits per heavy atom. The van der Waals surface area contributed by atoms with Crippen molar-refractivity contribution in [3.05, 3.63) is 72.0 Å². The normalized spacial score (nSPS) is 11.7. The van der Waals surface area contributed by atoms with Crippen molar-refractivity contribution in [2.75, 3.05) is 18.9 Å². The van der Waals surface area contributed by atoms with E-state index in [1.54, 1.807) is 24.1 Å². The number of carbonyl (C=O) groups is 1. The predicted octanol–water partition coefficient (Wildman–Crippen LogP) is 4.57. The summed E-state index contributed by atoms with van der Waals surface area (Å²) in [5.74, 6) is -0.215. The smallest absolute Gasteiger partial charge is 0.418 e. The molecule has 152 valence electrons. The fourth-order valence-corrected chi connectivity index (χ4v) is 2.69. The maximum Gasteiger partial charge on any atom is 0.418 e. The van der Waals surface area contributed by atoms with Crippen molar-refractivity contribution in [1.82, 2.24) is 9.88 Å². The number of hydrogen-bond acceptors (Lipinski definition) is 4. The number of anilines is 1. The summed E-state index contributed by atoms with van der Waals surface area (Å²) in [5, 5.41) is 2.28. The monoisotopic (exact) mass is 407 g/mol. The number of benzene rings is 2. The maximum atomic E-state index is 13.0. The van der Waals surface area contributed by atoms with Crippen LogP contribution in [0, 0.1) is 5.82 Å². The third-order valence-corrected chi connectivity index (χ3v) is 4.01. The number of oxazole rings is 1. The topological polar surface area (TPSA) is 58.4 Å². The lowest BCUT2D eigenvalue weighted by molar-refractivity contribution is -0.137. The first kappa shape index (κ1) is 20.5. The number of nitrogens with zero attached hydrogens (tertiary/aromatic N) is 2. The van der Waals surface area contributed by atoms with E-state index in [0.717, 1.165) is 6.07 Å². The van der Waals surface area contributed by atoms with Gasteiger partial charge in [0, 0.05) is 5.56 Å². The molecule has 1 N–H and O–H groups in total. The molecule has 9 heteroatoms. The van der Waals surface area contributed by atoms with Crippen LogP contribution < -0.4 is 5.32 Å². The van der Waals surface area contributed by atoms with Gasteiger partial charge in [0.1, 0.15) is 5.82 Å². The fourth-order valence-electron chi connectivity index (χ4n) is 2.69. The number of aromatic nitrogens is 1. The molecule has 0 saturated heterocycles. The highest BCUT2D eigenvalue weighted by Gasteiger charge is 2.33. The molecular formula is C20H17F4N3O2. The van der Waals surface area contributed by atoms with Gasteiger partial charge in [-0.15, -0.1) is 0 Å². The first-order valence-electron chi connectivity index (χ1n) is 8.57. The van der Waals surface area contributed by atoms with Gasteiger partial charge in [0.05, 0.1) is 30.5 Å². The molecule has 0 saturated carbocycles. The van der Waals surface area contributed by atoms with Gasteiger partial charge in [-0.1, -0.05) is 12.1 Å². The average Bonchev–Trinajstić information content (AvgIpc) is 3.10. The Hall–Kier alpha value is -3.20. The van der Waals surface area contributed by atoms with Gasteiger partial charge in [-0.2, -0.15) is 13.2 Å². The zero-order valence-corrected chi connectivity index (χ0v) is 15.3. The summed E-state index contributed by atoms with van der Waals surface area (Å²) in [6, 6.07) is 10.5. The summed E-state index contributed by atoms with van der Waals surface area (Å²) in [7, 11) is 1.61. The molecule has 0 radical (unpaired) electrons. The number of para-hydroxylation sites is 1. The van der Waals surface area contributed by atoms with E-state index in [2.05, 4.69) is 10.3 Å². The number of likely N-dealkylation sites (N-methyl/N-ethyl adjacent to an activating group) is 1. The predicted molar refractivity (Wildman–Crippen MR) is 98.3 cm³/mol. The fraction of sp³-hybridized carbons (Fsp3) is 0.200. The highest BCUT2D eigenvalue weighted by atomic mass is 19.4. The Balaban J connectivity index is 1.59. The third kappa shape index (κ3) is 5.41. The molecule has 0 fully saturated rings. The molecule has 1 aromatic heterocycles. The Morgan fingerprint density at radius 1 is 1.14 bits per heavy atom. The number of halogens is 4. The lowest BCUT2D eigenvalue weighted by Crippen LogP contribution is -2.30. The number of hydrogen-bond donors (Lipinski definition) is 1. The molecule has 0 bridgehead atoms. The summed E-state index contributed by atoms with van der Waals surface area (Å²) in [6.45, 7) is -0.00398. The lowest BCUT2D eigenvalue weighted by Gasteiger charge is -2.16. The molecule has 3 aromatic rings. The zero-order chi connectivity index (χ0) is 21.0. The van der Waals surface area contributed by atoms with Gasteiger partial charge in [-0.25, -0.2) is 9.37 Å². The minimum absolute atomic E-state index is 0.162. The summed E-state index contributed by atoms with van der Waals surface area (Å²) >= 11 is 0. The minimum Gasteiger partial charge on any atom is -0.439 e. The van der Waals surface area contributed by atoms with Gasteiger partial charge in [0.15, 0.2) is 5.76 Å². The molecule has 1 heterocycles. The second-order valence-electron chi connectivity index (χ2n) is 6.39. The molecule has 0 unspecified atom stereocenters. The SMILES string of the molecule is CN(CC(=O)Nc1ccccc1C(F)(F)F)Cc1ncc(-c2ccc(F)cc2)o1. The van der Waals surface area contributed by atoms with Gasteiger partial charge < -0.3 is 9.73 Å². The second-order valence-corrected chi connectivity index (χ2v) is 6.39. The summed E-state index contributed by atoms with van der Waals surface area (Å²) in [5.41, 5.74) is -0.560. The van der Waals surface area contributed by atoms with E-state index in [9.17, 15) is 22.4 Å². The number of rotatable bonds is 6. The Bertz CT molecular complexity index is 984.